The number of halogens is 1. The number of cyclic esters (lactones) is 1. The predicted molar refractivity (Wildman–Crippen MR) is 150 cm³/mol. The van der Waals surface area contributed by atoms with Crippen LogP contribution in [0, 0.1) is 5.82 Å². The van der Waals surface area contributed by atoms with E-state index < -0.39 is 18.0 Å². The summed E-state index contributed by atoms with van der Waals surface area (Å²) in [6, 6.07) is 12.5. The summed E-state index contributed by atoms with van der Waals surface area (Å²) < 4.78 is 26.1. The van der Waals surface area contributed by atoms with E-state index in [4.69, 9.17) is 9.47 Å². The Hall–Kier alpha value is -3.86. The summed E-state index contributed by atoms with van der Waals surface area (Å²) in [5.74, 6) is -0.122. The molecule has 1 atom stereocenters. The van der Waals surface area contributed by atoms with Gasteiger partial charge in [-0.25, -0.2) is 9.18 Å². The smallest absolute Gasteiger partial charge is 0.414 e. The van der Waals surface area contributed by atoms with Gasteiger partial charge in [-0.15, -0.1) is 0 Å². The Balaban J connectivity index is 1.25. The van der Waals surface area contributed by atoms with Crippen LogP contribution in [0.1, 0.15) is 26.3 Å². The van der Waals surface area contributed by atoms with Gasteiger partial charge in [0.05, 0.1) is 24.5 Å². The summed E-state index contributed by atoms with van der Waals surface area (Å²) in [6.07, 6.45) is -1.07. The molecule has 40 heavy (non-hydrogen) atoms. The largest absolute Gasteiger partial charge is 0.484 e. The summed E-state index contributed by atoms with van der Waals surface area (Å²) in [7, 11) is 0. The molecule has 0 aromatic heterocycles. The molecule has 0 aliphatic carbocycles. The first-order valence-corrected chi connectivity index (χ1v) is 13.8. The zero-order valence-electron chi connectivity index (χ0n) is 23.4. The Labute approximate surface area is 234 Å². The van der Waals surface area contributed by atoms with E-state index in [0.717, 1.165) is 19.6 Å². The van der Waals surface area contributed by atoms with Crippen LogP contribution < -0.4 is 19.9 Å². The standard InChI is InChI=1S/C29H38FN5O5/c1-4-32(5-2)18-22-6-9-24(10-7-22)39-20-28(37)34-14-12-33(13-15-34)27-11-8-23(16-26(27)30)35-19-25(40-29(35)38)17-31-21(3)36/h6-11,16,25H,4-5,12-15,17-20H2,1-3H3,(H,31,36)/t25-/m0/s1. The summed E-state index contributed by atoms with van der Waals surface area (Å²) >= 11 is 0. The molecule has 4 rings (SSSR count). The van der Waals surface area contributed by atoms with Crippen molar-refractivity contribution in [3.05, 3.63) is 53.8 Å². The fourth-order valence-corrected chi connectivity index (χ4v) is 4.85. The van der Waals surface area contributed by atoms with Crippen molar-refractivity contribution in [1.29, 1.82) is 0 Å². The van der Waals surface area contributed by atoms with Crippen LogP contribution in [-0.2, 0) is 20.9 Å². The lowest BCUT2D eigenvalue weighted by molar-refractivity contribution is -0.133. The third kappa shape index (κ3) is 7.41. The maximum atomic E-state index is 15.1. The third-order valence-electron chi connectivity index (χ3n) is 7.26. The van der Waals surface area contributed by atoms with Gasteiger partial charge in [0.15, 0.2) is 6.61 Å². The van der Waals surface area contributed by atoms with Gasteiger partial charge in [0.1, 0.15) is 17.7 Å². The van der Waals surface area contributed by atoms with Crippen molar-refractivity contribution in [1.82, 2.24) is 15.1 Å². The molecule has 1 N–H and O–H groups in total. The first-order valence-electron chi connectivity index (χ1n) is 13.8. The highest BCUT2D eigenvalue weighted by Crippen LogP contribution is 2.28. The Morgan fingerprint density at radius 1 is 1.07 bits per heavy atom. The van der Waals surface area contributed by atoms with Crippen LogP contribution in [0.3, 0.4) is 0 Å². The van der Waals surface area contributed by atoms with Gasteiger partial charge in [0.2, 0.25) is 5.91 Å². The number of carbonyl (C=O) groups excluding carboxylic acids is 3. The summed E-state index contributed by atoms with van der Waals surface area (Å²) in [5, 5.41) is 2.62. The molecule has 10 nitrogen and oxygen atoms in total. The van der Waals surface area contributed by atoms with Crippen molar-refractivity contribution in [2.24, 2.45) is 0 Å². The zero-order chi connectivity index (χ0) is 28.6. The number of carbonyl (C=O) groups is 3. The van der Waals surface area contributed by atoms with E-state index in [0.29, 0.717) is 43.3 Å². The normalized spacial score (nSPS) is 17.3. The van der Waals surface area contributed by atoms with E-state index in [1.54, 1.807) is 17.0 Å². The lowest BCUT2D eigenvalue weighted by Crippen LogP contribution is -2.50. The number of nitrogens with one attached hydrogen (secondary N) is 1. The van der Waals surface area contributed by atoms with Gasteiger partial charge < -0.3 is 24.6 Å². The van der Waals surface area contributed by atoms with Gasteiger partial charge in [-0.2, -0.15) is 0 Å². The van der Waals surface area contributed by atoms with Crippen LogP contribution in [0.5, 0.6) is 5.75 Å². The molecule has 2 aromatic rings. The summed E-state index contributed by atoms with van der Waals surface area (Å²) in [6.45, 7) is 10.8. The van der Waals surface area contributed by atoms with E-state index in [9.17, 15) is 14.4 Å². The molecule has 11 heteroatoms. The van der Waals surface area contributed by atoms with E-state index >= 15 is 4.39 Å². The molecule has 0 saturated carbocycles. The monoisotopic (exact) mass is 555 g/mol. The molecule has 2 aromatic carbocycles. The minimum absolute atomic E-state index is 0.0483. The van der Waals surface area contributed by atoms with Crippen molar-refractivity contribution in [3.8, 4) is 5.75 Å². The van der Waals surface area contributed by atoms with Gasteiger partial charge in [-0.3, -0.25) is 19.4 Å². The number of rotatable bonds is 11. The van der Waals surface area contributed by atoms with E-state index in [2.05, 4.69) is 24.1 Å². The molecule has 2 aliphatic heterocycles. The van der Waals surface area contributed by atoms with Gasteiger partial charge in [-0.1, -0.05) is 26.0 Å². The maximum absolute atomic E-state index is 15.1. The number of hydrogen-bond donors (Lipinski definition) is 1. The van der Waals surface area contributed by atoms with Crippen LogP contribution in [0.2, 0.25) is 0 Å². The first-order chi connectivity index (χ1) is 19.3. The average molecular weight is 556 g/mol. The number of benzene rings is 2. The fourth-order valence-electron chi connectivity index (χ4n) is 4.85. The van der Waals surface area contributed by atoms with Crippen LogP contribution in [0.25, 0.3) is 0 Å². The topological polar surface area (TPSA) is 94.7 Å². The molecule has 2 heterocycles. The molecule has 0 unspecified atom stereocenters. The van der Waals surface area contributed by atoms with Crippen molar-refractivity contribution < 1.29 is 28.2 Å². The highest BCUT2D eigenvalue weighted by molar-refractivity contribution is 5.90. The van der Waals surface area contributed by atoms with Crippen LogP contribution in [0.4, 0.5) is 20.6 Å². The third-order valence-corrected chi connectivity index (χ3v) is 7.26. The molecule has 3 amide bonds. The van der Waals surface area contributed by atoms with E-state index in [1.807, 2.05) is 29.2 Å². The second-order valence-electron chi connectivity index (χ2n) is 9.95. The molecule has 2 saturated heterocycles. The molecule has 0 spiro atoms. The van der Waals surface area contributed by atoms with E-state index in [-0.39, 0.29) is 31.5 Å². The van der Waals surface area contributed by atoms with Crippen LogP contribution in [-0.4, -0.2) is 92.8 Å². The zero-order valence-corrected chi connectivity index (χ0v) is 23.4. The minimum atomic E-state index is -0.576. The Morgan fingerprint density at radius 3 is 2.40 bits per heavy atom. The summed E-state index contributed by atoms with van der Waals surface area (Å²) in [4.78, 5) is 43.4. The van der Waals surface area contributed by atoms with Crippen molar-refractivity contribution in [2.45, 2.75) is 33.4 Å². The number of ether oxygens (including phenoxy) is 2. The average Bonchev–Trinajstić information content (AvgIpc) is 3.34. The van der Waals surface area contributed by atoms with Gasteiger partial charge >= 0.3 is 6.09 Å². The Morgan fingerprint density at radius 2 is 1.77 bits per heavy atom. The summed E-state index contributed by atoms with van der Waals surface area (Å²) in [5.41, 5.74) is 2.01. The molecule has 2 aliphatic rings. The van der Waals surface area contributed by atoms with E-state index in [1.165, 1.54) is 23.5 Å². The second kappa shape index (κ2) is 13.5. The SMILES string of the molecule is CCN(CC)Cc1ccc(OCC(=O)N2CCN(c3ccc(N4C[C@H](CNC(C)=O)OC4=O)cc3F)CC2)cc1. The number of hydrogen-bond acceptors (Lipinski definition) is 7. The van der Waals surface area contributed by atoms with Crippen molar-refractivity contribution >= 4 is 29.3 Å². The first kappa shape index (κ1) is 29.1. The van der Waals surface area contributed by atoms with Gasteiger partial charge in [-0.05, 0) is 49.0 Å². The number of piperazine rings is 1. The number of amides is 3. The molecule has 0 bridgehead atoms. The molecular formula is C29H38FN5O5. The van der Waals surface area contributed by atoms with Crippen LogP contribution in [0.15, 0.2) is 42.5 Å². The molecule has 2 fully saturated rings. The van der Waals surface area contributed by atoms with Crippen LogP contribution >= 0.6 is 0 Å². The maximum Gasteiger partial charge on any atom is 0.414 e. The Bertz CT molecular complexity index is 1180. The van der Waals surface area contributed by atoms with Gasteiger partial charge in [0.25, 0.3) is 5.91 Å². The number of anilines is 2. The Kier molecular flexibility index (Phi) is 9.81. The highest BCUT2D eigenvalue weighted by atomic mass is 19.1. The number of nitrogens with zero attached hydrogens (tertiary/aromatic N) is 4. The highest BCUT2D eigenvalue weighted by Gasteiger charge is 2.33. The lowest BCUT2D eigenvalue weighted by atomic mass is 10.2. The fraction of sp³-hybridized carbons (Fsp3) is 0.483. The van der Waals surface area contributed by atoms with Crippen molar-refractivity contribution in [2.75, 3.05) is 68.8 Å². The van der Waals surface area contributed by atoms with Crippen molar-refractivity contribution in [3.63, 3.8) is 0 Å². The minimum Gasteiger partial charge on any atom is -0.484 e. The molecule has 0 radical (unpaired) electrons. The second-order valence-corrected chi connectivity index (χ2v) is 9.95. The quantitative estimate of drug-likeness (QED) is 0.456. The molecule has 216 valence electrons. The molecular weight excluding hydrogens is 517 g/mol. The van der Waals surface area contributed by atoms with Gasteiger partial charge in [0, 0.05) is 39.6 Å². The lowest BCUT2D eigenvalue weighted by Gasteiger charge is -2.36. The predicted octanol–water partition coefficient (Wildman–Crippen LogP) is 2.86.